The van der Waals surface area contributed by atoms with Gasteiger partial charge in [0.05, 0.1) is 18.8 Å². The SMILES string of the molecule is CCOC(=O)/C=C/C1=[N+]2C(=C(c3ccc(-c4ccc(OC(=O)CCCc5ccc6c7cccc8cccc(c9cccc5c96)c87)cc4)cc3)c3c4c(c(/C=C/C(=O)OCC)n3[B-]2(F)F)CCCC4)C2=C1CCCC2. The molecule has 2 aliphatic carbocycles. The number of carbonyl (C=O) groups is 3. The fraction of sp³-hybridized carbons (Fsp3) is 0.238. The monoisotopic (exact) mass is 984 g/mol. The molecule has 2 aliphatic heterocycles. The molecule has 11 heteroatoms. The molecule has 0 unspecified atom stereocenters. The van der Waals surface area contributed by atoms with Crippen molar-refractivity contribution in [1.82, 2.24) is 4.48 Å². The molecule has 7 aromatic carbocycles. The molecule has 0 spiro atoms. The second-order valence-corrected chi connectivity index (χ2v) is 19.8. The molecule has 0 amide bonds. The number of nitrogens with zero attached hydrogens (tertiary/aromatic N) is 2. The maximum absolute atomic E-state index is 18.0. The molecular weight excluding hydrogens is 930 g/mol. The molecule has 0 saturated carbocycles. The maximum atomic E-state index is 18.0. The highest BCUT2D eigenvalue weighted by atomic mass is 19.2. The van der Waals surface area contributed by atoms with E-state index in [0.717, 1.165) is 71.1 Å². The number of halogens is 2. The third-order valence-electron chi connectivity index (χ3n) is 15.6. The fourth-order valence-corrected chi connectivity index (χ4v) is 12.5. The molecule has 12 rings (SSSR count). The van der Waals surface area contributed by atoms with Gasteiger partial charge in [-0.05, 0) is 173 Å². The van der Waals surface area contributed by atoms with Crippen molar-refractivity contribution < 1.29 is 41.7 Å². The van der Waals surface area contributed by atoms with Crippen LogP contribution in [0.3, 0.4) is 0 Å². The summed E-state index contributed by atoms with van der Waals surface area (Å²) >= 11 is 0. The number of allylic oxidation sites excluding steroid dienone is 3. The lowest BCUT2D eigenvalue weighted by atomic mass is 9.80. The Kier molecular flexibility index (Phi) is 12.2. The van der Waals surface area contributed by atoms with Crippen LogP contribution in [0.2, 0.25) is 0 Å². The van der Waals surface area contributed by atoms with E-state index in [0.29, 0.717) is 66.2 Å². The number of hydrogen-bond donors (Lipinski definition) is 0. The van der Waals surface area contributed by atoms with Crippen LogP contribution >= 0.6 is 0 Å². The lowest BCUT2D eigenvalue weighted by Gasteiger charge is -2.34. The number of carbonyl (C=O) groups excluding carboxylic acids is 3. The summed E-state index contributed by atoms with van der Waals surface area (Å²) in [6, 6.07) is 39.5. The molecule has 0 radical (unpaired) electrons. The van der Waals surface area contributed by atoms with Crippen LogP contribution in [0.1, 0.15) is 98.9 Å². The highest BCUT2D eigenvalue weighted by molar-refractivity contribution is 6.59. The molecule has 3 heterocycles. The van der Waals surface area contributed by atoms with Crippen molar-refractivity contribution in [3.05, 3.63) is 184 Å². The third kappa shape index (κ3) is 7.95. The first-order valence-corrected chi connectivity index (χ1v) is 26.2. The van der Waals surface area contributed by atoms with Crippen molar-refractivity contribution in [1.29, 1.82) is 0 Å². The molecule has 1 aromatic heterocycles. The highest BCUT2D eigenvalue weighted by Crippen LogP contribution is 2.51. The largest absolute Gasteiger partial charge is 0.737 e. The Morgan fingerprint density at radius 1 is 0.622 bits per heavy atom. The van der Waals surface area contributed by atoms with Crippen LogP contribution in [0, 0.1) is 0 Å². The molecule has 8 aromatic rings. The van der Waals surface area contributed by atoms with Crippen molar-refractivity contribution in [2.45, 2.75) is 84.5 Å². The molecule has 8 nitrogen and oxygen atoms in total. The summed E-state index contributed by atoms with van der Waals surface area (Å²) in [4.78, 5) is 38.7. The molecule has 0 bridgehead atoms. The molecule has 4 aliphatic rings. The first kappa shape index (κ1) is 47.1. The lowest BCUT2D eigenvalue weighted by molar-refractivity contribution is -0.362. The summed E-state index contributed by atoms with van der Waals surface area (Å²) < 4.78 is 54.7. The standard InChI is InChI=1S/C63H55BF2N2O6/c1-3-72-56(69)37-35-54-46-16-5-7-18-52(46)62-60(63-53-19-8-6-17-47(53)55(36-38-57(70)73-4-2)68(63)64(65,66)67(54)62)43-27-25-39(26-28-43)40-29-32-44(33-30-40)74-58(71)24-11-13-41-31-34-51-49-22-10-15-42-14-9-21-48(59(42)49)50-23-12-20-45(41)61(50)51/h9-10,12,14-15,20-23,25-38H,3-8,11,13,16-19,24H2,1-2H3/b37-35+,38-36+. The molecule has 74 heavy (non-hydrogen) atoms. The number of aryl methyl sites for hydroxylation is 1. The van der Waals surface area contributed by atoms with E-state index in [-0.39, 0.29) is 25.6 Å². The van der Waals surface area contributed by atoms with Crippen LogP contribution in [-0.4, -0.2) is 52.8 Å². The first-order chi connectivity index (χ1) is 36.1. The zero-order valence-corrected chi connectivity index (χ0v) is 41.6. The van der Waals surface area contributed by atoms with Gasteiger partial charge in [-0.25, -0.2) is 9.59 Å². The number of esters is 3. The Morgan fingerprint density at radius 3 is 1.88 bits per heavy atom. The number of hydrogen-bond acceptors (Lipinski definition) is 6. The zero-order valence-electron chi connectivity index (χ0n) is 41.6. The Balaban J connectivity index is 0.830. The van der Waals surface area contributed by atoms with E-state index in [9.17, 15) is 14.4 Å². The van der Waals surface area contributed by atoms with Crippen molar-refractivity contribution >= 4 is 85.3 Å². The van der Waals surface area contributed by atoms with Crippen LogP contribution < -0.4 is 4.74 Å². The quantitative estimate of drug-likeness (QED) is 0.0286. The Morgan fingerprint density at radius 2 is 1.19 bits per heavy atom. The van der Waals surface area contributed by atoms with Crippen LogP contribution in [0.4, 0.5) is 8.63 Å². The van der Waals surface area contributed by atoms with E-state index in [2.05, 4.69) is 66.7 Å². The summed E-state index contributed by atoms with van der Waals surface area (Å²) in [6.07, 6.45) is 13.0. The number of fused-ring (bicyclic) bond motifs is 7. The predicted molar refractivity (Wildman–Crippen MR) is 291 cm³/mol. The van der Waals surface area contributed by atoms with Gasteiger partial charge < -0.3 is 31.8 Å². The molecule has 370 valence electrons. The van der Waals surface area contributed by atoms with Crippen LogP contribution in [0.25, 0.3) is 65.9 Å². The molecular formula is C63H55BF2N2O6. The molecule has 0 fully saturated rings. The van der Waals surface area contributed by atoms with Crippen LogP contribution in [0.15, 0.2) is 150 Å². The van der Waals surface area contributed by atoms with E-state index in [1.54, 1.807) is 26.0 Å². The van der Waals surface area contributed by atoms with Gasteiger partial charge >= 0.3 is 24.9 Å². The van der Waals surface area contributed by atoms with Gasteiger partial charge in [-0.1, -0.05) is 103 Å². The van der Waals surface area contributed by atoms with Gasteiger partial charge in [0.15, 0.2) is 11.4 Å². The molecule has 0 N–H and O–H groups in total. The van der Waals surface area contributed by atoms with Crippen molar-refractivity contribution in [3.8, 4) is 16.9 Å². The summed E-state index contributed by atoms with van der Waals surface area (Å²) in [5.41, 5.74) is 9.50. The van der Waals surface area contributed by atoms with Gasteiger partial charge in [0.2, 0.25) is 0 Å². The second kappa shape index (κ2) is 19.2. The van der Waals surface area contributed by atoms with Gasteiger partial charge in [0, 0.05) is 47.2 Å². The van der Waals surface area contributed by atoms with Gasteiger partial charge in [0.25, 0.3) is 0 Å². The van der Waals surface area contributed by atoms with Crippen LogP contribution in [0.5, 0.6) is 5.75 Å². The zero-order chi connectivity index (χ0) is 50.7. The summed E-state index contributed by atoms with van der Waals surface area (Å²) in [5, 5.41) is 10.0. The minimum absolute atomic E-state index is 0.165. The van der Waals surface area contributed by atoms with Gasteiger partial charge in [-0.3, -0.25) is 4.79 Å². The van der Waals surface area contributed by atoms with E-state index in [1.165, 1.54) is 81.9 Å². The highest BCUT2D eigenvalue weighted by Gasteiger charge is 2.58. The summed E-state index contributed by atoms with van der Waals surface area (Å²) in [5.74, 6) is -1.02. The minimum Gasteiger partial charge on any atom is -0.463 e. The topological polar surface area (TPSA) is 86.8 Å². The number of aromatic nitrogens is 1. The van der Waals surface area contributed by atoms with Crippen LogP contribution in [-0.2, 0) is 43.1 Å². The van der Waals surface area contributed by atoms with E-state index < -0.39 is 18.9 Å². The Labute approximate surface area is 428 Å². The van der Waals surface area contributed by atoms with Gasteiger partial charge in [0.1, 0.15) is 5.75 Å². The maximum Gasteiger partial charge on any atom is 0.737 e. The first-order valence-electron chi connectivity index (χ1n) is 26.2. The number of ether oxygens (including phenoxy) is 3. The minimum atomic E-state index is -4.54. The average Bonchev–Trinajstić information content (AvgIpc) is 3.97. The van der Waals surface area contributed by atoms with Gasteiger partial charge in [-0.15, -0.1) is 0 Å². The fourth-order valence-electron chi connectivity index (χ4n) is 12.5. The lowest BCUT2D eigenvalue weighted by Crippen LogP contribution is -2.52. The Bertz CT molecular complexity index is 3730. The van der Waals surface area contributed by atoms with Crippen molar-refractivity contribution in [2.75, 3.05) is 13.2 Å². The number of rotatable bonds is 13. The van der Waals surface area contributed by atoms with Gasteiger partial charge in [-0.2, -0.15) is 0 Å². The normalized spacial score (nSPS) is 16.2. The van der Waals surface area contributed by atoms with Crippen molar-refractivity contribution in [3.63, 3.8) is 0 Å². The van der Waals surface area contributed by atoms with E-state index in [4.69, 9.17) is 14.2 Å². The summed E-state index contributed by atoms with van der Waals surface area (Å²) in [7, 11) is 0. The van der Waals surface area contributed by atoms with Crippen molar-refractivity contribution in [2.24, 2.45) is 0 Å². The molecule has 0 saturated heterocycles. The van der Waals surface area contributed by atoms with E-state index >= 15 is 8.63 Å². The predicted octanol–water partition coefficient (Wildman–Crippen LogP) is 14.0. The third-order valence-corrected chi connectivity index (χ3v) is 15.6. The summed E-state index contributed by atoms with van der Waals surface area (Å²) in [6.45, 7) is -0.789. The average molecular weight is 985 g/mol. The smallest absolute Gasteiger partial charge is 0.463 e. The molecule has 0 atom stereocenters. The Hall–Kier alpha value is -7.92. The second-order valence-electron chi connectivity index (χ2n) is 19.8. The van der Waals surface area contributed by atoms with E-state index in [1.807, 2.05) is 36.4 Å². The number of benzene rings is 7.